The van der Waals surface area contributed by atoms with Gasteiger partial charge in [0.2, 0.25) is 0 Å². The minimum absolute atomic E-state index is 0.253. The molecular weight excluding hydrogens is 431 g/mol. The lowest BCUT2D eigenvalue weighted by Crippen LogP contribution is -2.04. The predicted molar refractivity (Wildman–Crippen MR) is 114 cm³/mol. The van der Waals surface area contributed by atoms with E-state index in [4.69, 9.17) is 16.3 Å². The topological polar surface area (TPSA) is 52.8 Å². The van der Waals surface area contributed by atoms with Crippen LogP contribution >= 0.6 is 34.7 Å². The van der Waals surface area contributed by atoms with Crippen LogP contribution in [0.4, 0.5) is 4.39 Å². The molecule has 2 aromatic heterocycles. The Kier molecular flexibility index (Phi) is 6.13. The Labute approximate surface area is 180 Å². The predicted octanol–water partition coefficient (Wildman–Crippen LogP) is 5.60. The molecule has 148 valence electrons. The van der Waals surface area contributed by atoms with E-state index in [2.05, 4.69) is 15.2 Å². The Morgan fingerprint density at radius 1 is 1.14 bits per heavy atom. The number of rotatable bonds is 7. The first-order valence-corrected chi connectivity index (χ1v) is 10.9. The third kappa shape index (κ3) is 4.77. The van der Waals surface area contributed by atoms with Crippen molar-refractivity contribution in [3.8, 4) is 16.3 Å². The van der Waals surface area contributed by atoms with Crippen molar-refractivity contribution in [2.24, 2.45) is 7.05 Å². The summed E-state index contributed by atoms with van der Waals surface area (Å²) >= 11 is 9.38. The summed E-state index contributed by atoms with van der Waals surface area (Å²) in [6.07, 6.45) is 0. The van der Waals surface area contributed by atoms with E-state index in [-0.39, 0.29) is 12.4 Å². The van der Waals surface area contributed by atoms with Crippen LogP contribution < -0.4 is 4.74 Å². The lowest BCUT2D eigenvalue weighted by molar-refractivity contribution is 0.290. The first-order valence-electron chi connectivity index (χ1n) is 8.69. The minimum Gasteiger partial charge on any atom is -0.486 e. The monoisotopic (exact) mass is 446 g/mol. The molecule has 0 radical (unpaired) electrons. The molecule has 0 spiro atoms. The van der Waals surface area contributed by atoms with Crippen LogP contribution in [0.2, 0.25) is 5.02 Å². The zero-order chi connectivity index (χ0) is 20.2. The van der Waals surface area contributed by atoms with Gasteiger partial charge in [-0.1, -0.05) is 41.6 Å². The molecule has 0 unspecified atom stereocenters. The molecule has 0 saturated carbocycles. The van der Waals surface area contributed by atoms with Gasteiger partial charge in [-0.3, -0.25) is 0 Å². The second-order valence-corrected chi connectivity index (χ2v) is 8.32. The molecule has 4 rings (SSSR count). The van der Waals surface area contributed by atoms with E-state index in [9.17, 15) is 4.39 Å². The van der Waals surface area contributed by atoms with Gasteiger partial charge in [0.1, 0.15) is 23.2 Å². The van der Waals surface area contributed by atoms with Crippen molar-refractivity contribution in [2.45, 2.75) is 17.5 Å². The lowest BCUT2D eigenvalue weighted by Gasteiger charge is -2.06. The highest BCUT2D eigenvalue weighted by atomic mass is 35.5. The van der Waals surface area contributed by atoms with Crippen molar-refractivity contribution in [2.75, 3.05) is 0 Å². The first kappa shape index (κ1) is 19.9. The molecule has 0 aliphatic carbocycles. The van der Waals surface area contributed by atoms with Crippen LogP contribution in [0.5, 0.6) is 5.75 Å². The average molecular weight is 447 g/mol. The molecule has 2 heterocycles. The van der Waals surface area contributed by atoms with Gasteiger partial charge in [0.15, 0.2) is 11.0 Å². The summed E-state index contributed by atoms with van der Waals surface area (Å²) in [4.78, 5) is 4.68. The van der Waals surface area contributed by atoms with Crippen molar-refractivity contribution in [3.05, 3.63) is 76.3 Å². The van der Waals surface area contributed by atoms with Gasteiger partial charge in [0.25, 0.3) is 0 Å². The summed E-state index contributed by atoms with van der Waals surface area (Å²) in [6.45, 7) is 0.253. The normalized spacial score (nSPS) is 11.0. The molecule has 0 N–H and O–H groups in total. The Morgan fingerprint density at radius 3 is 2.72 bits per heavy atom. The van der Waals surface area contributed by atoms with Crippen LogP contribution in [0.3, 0.4) is 0 Å². The summed E-state index contributed by atoms with van der Waals surface area (Å²) < 4.78 is 20.5. The largest absolute Gasteiger partial charge is 0.486 e. The molecule has 0 bridgehead atoms. The van der Waals surface area contributed by atoms with Gasteiger partial charge in [0.05, 0.1) is 10.7 Å². The van der Waals surface area contributed by atoms with Gasteiger partial charge in [0, 0.05) is 23.7 Å². The molecule has 0 aliphatic heterocycles. The zero-order valence-electron chi connectivity index (χ0n) is 15.4. The van der Waals surface area contributed by atoms with Gasteiger partial charge in [-0.2, -0.15) is 0 Å². The van der Waals surface area contributed by atoms with Gasteiger partial charge >= 0.3 is 0 Å². The minimum atomic E-state index is -0.297. The molecule has 0 fully saturated rings. The number of benzene rings is 2. The molecule has 0 amide bonds. The number of halogens is 2. The van der Waals surface area contributed by atoms with Crippen molar-refractivity contribution in [1.29, 1.82) is 0 Å². The number of thiazole rings is 1. The molecule has 0 saturated heterocycles. The number of aromatic nitrogens is 4. The van der Waals surface area contributed by atoms with E-state index in [1.54, 1.807) is 35.2 Å². The lowest BCUT2D eigenvalue weighted by atomic mass is 10.2. The molecule has 0 atom stereocenters. The Hall–Kier alpha value is -2.42. The zero-order valence-corrected chi connectivity index (χ0v) is 17.8. The fourth-order valence-corrected chi connectivity index (χ4v) is 4.61. The maximum atomic E-state index is 13.0. The molecule has 4 aromatic rings. The molecule has 2 aromatic carbocycles. The number of hydrogen-bond acceptors (Lipinski definition) is 6. The number of ether oxygens (including phenoxy) is 1. The smallest absolute Gasteiger partial charge is 0.191 e. The van der Waals surface area contributed by atoms with Crippen LogP contribution in [0.15, 0.2) is 59.1 Å². The standard InChI is InChI=1S/C20H16ClFN4OS2/c1-26-18(10-27-15-8-6-13(22)7-9-15)24-25-20(26)29-12-14-11-28-19(23-14)16-4-2-3-5-17(16)21/h2-9,11H,10,12H2,1H3. The van der Waals surface area contributed by atoms with E-state index in [0.29, 0.717) is 22.3 Å². The third-order valence-corrected chi connectivity index (χ3v) is 6.42. The summed E-state index contributed by atoms with van der Waals surface area (Å²) in [5.74, 6) is 1.64. The van der Waals surface area contributed by atoms with Crippen molar-refractivity contribution in [3.63, 3.8) is 0 Å². The van der Waals surface area contributed by atoms with E-state index in [1.807, 2.05) is 41.3 Å². The van der Waals surface area contributed by atoms with Crippen LogP contribution in [0, 0.1) is 5.82 Å². The quantitative estimate of drug-likeness (QED) is 0.346. The first-order chi connectivity index (χ1) is 14.1. The molecular formula is C20H16ClFN4OS2. The molecule has 5 nitrogen and oxygen atoms in total. The molecule has 0 aliphatic rings. The second kappa shape index (κ2) is 8.94. The van der Waals surface area contributed by atoms with E-state index >= 15 is 0 Å². The summed E-state index contributed by atoms with van der Waals surface area (Å²) in [6, 6.07) is 13.6. The third-order valence-electron chi connectivity index (χ3n) is 4.11. The summed E-state index contributed by atoms with van der Waals surface area (Å²) in [7, 11) is 1.89. The summed E-state index contributed by atoms with van der Waals surface area (Å²) in [5, 5.41) is 12.8. The SMILES string of the molecule is Cn1c(COc2ccc(F)cc2)nnc1SCc1csc(-c2ccccc2Cl)n1. The molecule has 29 heavy (non-hydrogen) atoms. The number of nitrogens with zero attached hydrogens (tertiary/aromatic N) is 4. The average Bonchev–Trinajstić information content (AvgIpc) is 3.33. The van der Waals surface area contributed by atoms with Gasteiger partial charge in [-0.05, 0) is 30.3 Å². The fourth-order valence-electron chi connectivity index (χ4n) is 2.55. The van der Waals surface area contributed by atoms with E-state index in [0.717, 1.165) is 21.4 Å². The maximum absolute atomic E-state index is 13.0. The van der Waals surface area contributed by atoms with Crippen LogP contribution in [0.1, 0.15) is 11.5 Å². The van der Waals surface area contributed by atoms with Crippen LogP contribution in [-0.4, -0.2) is 19.7 Å². The van der Waals surface area contributed by atoms with Gasteiger partial charge < -0.3 is 9.30 Å². The van der Waals surface area contributed by atoms with Crippen LogP contribution in [-0.2, 0) is 19.4 Å². The summed E-state index contributed by atoms with van der Waals surface area (Å²) in [5.41, 5.74) is 1.90. The van der Waals surface area contributed by atoms with Gasteiger partial charge in [-0.15, -0.1) is 21.5 Å². The van der Waals surface area contributed by atoms with Crippen LogP contribution in [0.25, 0.3) is 10.6 Å². The van der Waals surface area contributed by atoms with E-state index in [1.165, 1.54) is 12.1 Å². The molecule has 9 heteroatoms. The highest BCUT2D eigenvalue weighted by molar-refractivity contribution is 7.98. The Balaban J connectivity index is 1.37. The van der Waals surface area contributed by atoms with Crippen molar-refractivity contribution < 1.29 is 9.13 Å². The fraction of sp³-hybridized carbons (Fsp3) is 0.150. The number of thioether (sulfide) groups is 1. The maximum Gasteiger partial charge on any atom is 0.191 e. The second-order valence-electron chi connectivity index (χ2n) is 6.11. The number of hydrogen-bond donors (Lipinski definition) is 0. The van der Waals surface area contributed by atoms with E-state index < -0.39 is 0 Å². The Morgan fingerprint density at radius 2 is 1.93 bits per heavy atom. The Bertz CT molecular complexity index is 1110. The highest BCUT2D eigenvalue weighted by Crippen LogP contribution is 2.31. The van der Waals surface area contributed by atoms with Crippen molar-refractivity contribution >= 4 is 34.7 Å². The van der Waals surface area contributed by atoms with Gasteiger partial charge in [-0.25, -0.2) is 9.37 Å². The highest BCUT2D eigenvalue weighted by Gasteiger charge is 2.12. The van der Waals surface area contributed by atoms with Crippen molar-refractivity contribution in [1.82, 2.24) is 19.7 Å².